The maximum Gasteiger partial charge on any atom is 0.334 e. The highest BCUT2D eigenvalue weighted by atomic mass is 16.5. The predicted octanol–water partition coefficient (Wildman–Crippen LogP) is -0.985. The Balaban J connectivity index is 3.58. The van der Waals surface area contributed by atoms with Crippen LogP contribution in [0.2, 0.25) is 0 Å². The fourth-order valence-electron chi connectivity index (χ4n) is 0.778. The normalized spacial score (nSPS) is 12.2. The van der Waals surface area contributed by atoms with Crippen LogP contribution in [0.3, 0.4) is 0 Å². The third-order valence-corrected chi connectivity index (χ3v) is 1.55. The molecule has 0 aromatic carbocycles. The summed E-state index contributed by atoms with van der Waals surface area (Å²) in [6, 6.07) is 0. The largest absolute Gasteiger partial charge is 0.463 e. The molecule has 0 aromatic heterocycles. The van der Waals surface area contributed by atoms with Gasteiger partial charge in [0.05, 0.1) is 12.7 Å². The first-order chi connectivity index (χ1) is 6.61. The Bertz CT molecular complexity index is 194. The summed E-state index contributed by atoms with van der Waals surface area (Å²) in [6.45, 7) is 6.45. The van der Waals surface area contributed by atoms with Crippen LogP contribution in [0.5, 0.6) is 0 Å². The van der Waals surface area contributed by atoms with Gasteiger partial charge in [0.15, 0.2) is 0 Å². The Morgan fingerprint density at radius 2 is 2.36 bits per heavy atom. The second-order valence-electron chi connectivity index (χ2n) is 2.84. The maximum atomic E-state index is 11.0. The van der Waals surface area contributed by atoms with Gasteiger partial charge in [-0.15, -0.1) is 0 Å². The molecule has 0 saturated carbocycles. The molecule has 1 unspecified atom stereocenters. The molecule has 0 heterocycles. The van der Waals surface area contributed by atoms with Crippen LogP contribution in [-0.2, 0) is 9.53 Å². The number of aliphatic hydroxyl groups is 1. The van der Waals surface area contributed by atoms with Crippen molar-refractivity contribution in [3.05, 3.63) is 12.2 Å². The lowest BCUT2D eigenvalue weighted by Gasteiger charge is -2.10. The quantitative estimate of drug-likeness (QED) is 0.365. The molecule has 5 heteroatoms. The van der Waals surface area contributed by atoms with E-state index in [0.29, 0.717) is 25.3 Å². The molecular weight excluding hydrogens is 184 g/mol. The van der Waals surface area contributed by atoms with Crippen molar-refractivity contribution in [3.63, 3.8) is 0 Å². The van der Waals surface area contributed by atoms with E-state index in [9.17, 15) is 4.79 Å². The van der Waals surface area contributed by atoms with Gasteiger partial charge >= 0.3 is 5.97 Å². The van der Waals surface area contributed by atoms with Crippen molar-refractivity contribution in [2.75, 3.05) is 26.2 Å². The monoisotopic (exact) mass is 202 g/mol. The molecular formula is C9H18N2O3. The van der Waals surface area contributed by atoms with E-state index in [1.165, 1.54) is 0 Å². The molecule has 0 spiro atoms. The van der Waals surface area contributed by atoms with Crippen LogP contribution >= 0.6 is 0 Å². The lowest BCUT2D eigenvalue weighted by molar-refractivity contribution is -0.138. The van der Waals surface area contributed by atoms with Crippen LogP contribution in [-0.4, -0.2) is 43.4 Å². The van der Waals surface area contributed by atoms with Gasteiger partial charge in [-0.05, 0) is 6.92 Å². The van der Waals surface area contributed by atoms with Crippen molar-refractivity contribution in [2.45, 2.75) is 13.0 Å². The Morgan fingerprint density at radius 3 is 2.86 bits per heavy atom. The lowest BCUT2D eigenvalue weighted by atomic mass is 10.3. The number of nitrogens with two attached hydrogens (primary N) is 1. The average molecular weight is 202 g/mol. The average Bonchev–Trinajstić information content (AvgIpc) is 2.17. The molecule has 0 aromatic rings. The van der Waals surface area contributed by atoms with Gasteiger partial charge < -0.3 is 20.9 Å². The fraction of sp³-hybridized carbons (Fsp3) is 0.667. The van der Waals surface area contributed by atoms with Gasteiger partial charge in [-0.1, -0.05) is 6.58 Å². The van der Waals surface area contributed by atoms with E-state index in [1.54, 1.807) is 6.92 Å². The van der Waals surface area contributed by atoms with E-state index < -0.39 is 12.1 Å². The topological polar surface area (TPSA) is 84.6 Å². The first kappa shape index (κ1) is 13.1. The SMILES string of the molecule is C=C(CNCC(O)CN)C(=O)OCC. The molecule has 1 atom stereocenters. The molecule has 0 bridgehead atoms. The smallest absolute Gasteiger partial charge is 0.334 e. The van der Waals surface area contributed by atoms with Gasteiger partial charge in [-0.25, -0.2) is 4.79 Å². The summed E-state index contributed by atoms with van der Waals surface area (Å²) >= 11 is 0. The van der Waals surface area contributed by atoms with Crippen molar-refractivity contribution in [1.82, 2.24) is 5.32 Å². The Kier molecular flexibility index (Phi) is 7.00. The number of hydrogen-bond acceptors (Lipinski definition) is 5. The van der Waals surface area contributed by atoms with Crippen molar-refractivity contribution in [3.8, 4) is 0 Å². The van der Waals surface area contributed by atoms with Gasteiger partial charge in [0.2, 0.25) is 0 Å². The zero-order valence-corrected chi connectivity index (χ0v) is 8.45. The minimum Gasteiger partial charge on any atom is -0.463 e. The van der Waals surface area contributed by atoms with Gasteiger partial charge in [0.25, 0.3) is 0 Å². The highest BCUT2D eigenvalue weighted by Crippen LogP contribution is 1.92. The molecule has 0 aliphatic carbocycles. The van der Waals surface area contributed by atoms with Crippen molar-refractivity contribution in [1.29, 1.82) is 0 Å². The zero-order chi connectivity index (χ0) is 11.0. The first-order valence-electron chi connectivity index (χ1n) is 4.55. The molecule has 0 aliphatic heterocycles. The Labute approximate surface area is 83.9 Å². The highest BCUT2D eigenvalue weighted by molar-refractivity contribution is 5.88. The zero-order valence-electron chi connectivity index (χ0n) is 8.45. The minimum atomic E-state index is -0.593. The van der Waals surface area contributed by atoms with E-state index >= 15 is 0 Å². The molecule has 0 saturated heterocycles. The number of carbonyl (C=O) groups is 1. The van der Waals surface area contributed by atoms with Crippen LogP contribution in [0, 0.1) is 0 Å². The summed E-state index contributed by atoms with van der Waals surface area (Å²) < 4.78 is 4.72. The summed E-state index contributed by atoms with van der Waals surface area (Å²) in [5.74, 6) is -0.415. The van der Waals surface area contributed by atoms with Crippen LogP contribution in [0.4, 0.5) is 0 Å². The van der Waals surface area contributed by atoms with Crippen LogP contribution in [0.15, 0.2) is 12.2 Å². The molecule has 0 fully saturated rings. The van der Waals surface area contributed by atoms with Crippen LogP contribution in [0.1, 0.15) is 6.92 Å². The van der Waals surface area contributed by atoms with Crippen molar-refractivity contribution >= 4 is 5.97 Å². The molecule has 0 aliphatic rings. The van der Waals surface area contributed by atoms with Crippen molar-refractivity contribution in [2.24, 2.45) is 5.73 Å². The van der Waals surface area contributed by atoms with E-state index in [-0.39, 0.29) is 6.54 Å². The van der Waals surface area contributed by atoms with Gasteiger partial charge in [0, 0.05) is 25.2 Å². The molecule has 4 N–H and O–H groups in total. The number of hydrogen-bond donors (Lipinski definition) is 3. The number of esters is 1. The second-order valence-corrected chi connectivity index (χ2v) is 2.84. The number of ether oxygens (including phenoxy) is 1. The van der Waals surface area contributed by atoms with E-state index in [4.69, 9.17) is 15.6 Å². The fourth-order valence-corrected chi connectivity index (χ4v) is 0.778. The van der Waals surface area contributed by atoms with E-state index in [1.807, 2.05) is 0 Å². The third-order valence-electron chi connectivity index (χ3n) is 1.55. The van der Waals surface area contributed by atoms with Crippen LogP contribution in [0.25, 0.3) is 0 Å². The first-order valence-corrected chi connectivity index (χ1v) is 4.55. The number of carbonyl (C=O) groups excluding carboxylic acids is 1. The number of nitrogens with one attached hydrogen (secondary N) is 1. The lowest BCUT2D eigenvalue weighted by Crippen LogP contribution is -2.34. The number of aliphatic hydroxyl groups excluding tert-OH is 1. The highest BCUT2D eigenvalue weighted by Gasteiger charge is 2.07. The van der Waals surface area contributed by atoms with Gasteiger partial charge in [-0.2, -0.15) is 0 Å². The second kappa shape index (κ2) is 7.49. The molecule has 82 valence electrons. The molecule has 5 nitrogen and oxygen atoms in total. The Morgan fingerprint density at radius 1 is 1.71 bits per heavy atom. The third kappa shape index (κ3) is 5.69. The van der Waals surface area contributed by atoms with Gasteiger partial charge in [0.1, 0.15) is 0 Å². The summed E-state index contributed by atoms with van der Waals surface area (Å²) in [6.07, 6.45) is -0.593. The van der Waals surface area contributed by atoms with Crippen molar-refractivity contribution < 1.29 is 14.6 Å². The predicted molar refractivity (Wildman–Crippen MR) is 53.7 cm³/mol. The molecule has 0 amide bonds. The summed E-state index contributed by atoms with van der Waals surface area (Å²) in [4.78, 5) is 11.0. The maximum absolute atomic E-state index is 11.0. The van der Waals surface area contributed by atoms with E-state index in [0.717, 1.165) is 0 Å². The van der Waals surface area contributed by atoms with Crippen LogP contribution < -0.4 is 11.1 Å². The molecule has 0 radical (unpaired) electrons. The molecule has 0 rings (SSSR count). The summed E-state index contributed by atoms with van der Waals surface area (Å²) in [7, 11) is 0. The summed E-state index contributed by atoms with van der Waals surface area (Å²) in [5, 5.41) is 11.9. The summed E-state index contributed by atoms with van der Waals surface area (Å²) in [5.41, 5.74) is 5.54. The minimum absolute atomic E-state index is 0.193. The standard InChI is InChI=1S/C9H18N2O3/c1-3-14-9(13)7(2)5-11-6-8(12)4-10/h8,11-12H,2-6,10H2,1H3. The van der Waals surface area contributed by atoms with Gasteiger partial charge in [-0.3, -0.25) is 0 Å². The Hall–Kier alpha value is -0.910. The van der Waals surface area contributed by atoms with E-state index in [2.05, 4.69) is 11.9 Å². The number of rotatable bonds is 7. The molecule has 14 heavy (non-hydrogen) atoms.